The smallest absolute Gasteiger partial charge is 0.207 e. The standard InChI is InChI=1S/C14H10F5NO2S/c15-10-2-4-11(5-3-10)23(21,22)20-8-9-1-6-12(13(16)7-9)14(17,18)19/h1-7,20H,8H2. The largest absolute Gasteiger partial charge is 0.419 e. The summed E-state index contributed by atoms with van der Waals surface area (Å²) < 4.78 is 89.4. The van der Waals surface area contributed by atoms with Crippen LogP contribution in [0.3, 0.4) is 0 Å². The van der Waals surface area contributed by atoms with Crippen molar-refractivity contribution in [3.63, 3.8) is 0 Å². The van der Waals surface area contributed by atoms with Crippen molar-refractivity contribution in [1.82, 2.24) is 4.72 Å². The Hall–Kier alpha value is -2.00. The molecule has 0 amide bonds. The summed E-state index contributed by atoms with van der Waals surface area (Å²) in [6.45, 7) is -0.408. The van der Waals surface area contributed by atoms with Gasteiger partial charge in [-0.15, -0.1) is 0 Å². The van der Waals surface area contributed by atoms with Crippen LogP contribution in [-0.4, -0.2) is 8.42 Å². The summed E-state index contributed by atoms with van der Waals surface area (Å²) in [7, 11) is -3.99. The molecule has 0 fully saturated rings. The number of sulfonamides is 1. The maximum absolute atomic E-state index is 13.4. The molecule has 2 aromatic rings. The van der Waals surface area contributed by atoms with Gasteiger partial charge < -0.3 is 0 Å². The van der Waals surface area contributed by atoms with Crippen LogP contribution < -0.4 is 4.72 Å². The molecule has 0 heterocycles. The molecule has 3 nitrogen and oxygen atoms in total. The number of alkyl halides is 3. The van der Waals surface area contributed by atoms with Gasteiger partial charge in [0.25, 0.3) is 0 Å². The lowest BCUT2D eigenvalue weighted by atomic mass is 10.1. The van der Waals surface area contributed by atoms with E-state index >= 15 is 0 Å². The van der Waals surface area contributed by atoms with Gasteiger partial charge in [-0.05, 0) is 42.0 Å². The van der Waals surface area contributed by atoms with E-state index in [1.807, 2.05) is 0 Å². The number of hydrogen-bond acceptors (Lipinski definition) is 2. The molecule has 2 rings (SSSR count). The molecule has 0 aliphatic rings. The Morgan fingerprint density at radius 1 is 0.957 bits per heavy atom. The van der Waals surface area contributed by atoms with Gasteiger partial charge in [0.15, 0.2) is 0 Å². The Morgan fingerprint density at radius 2 is 1.57 bits per heavy atom. The minimum Gasteiger partial charge on any atom is -0.207 e. The number of rotatable bonds is 4. The summed E-state index contributed by atoms with van der Waals surface area (Å²) in [6, 6.07) is 6.08. The molecule has 23 heavy (non-hydrogen) atoms. The Balaban J connectivity index is 2.14. The average molecular weight is 351 g/mol. The Kier molecular flexibility index (Phi) is 4.71. The number of nitrogens with one attached hydrogen (secondary N) is 1. The first-order chi connectivity index (χ1) is 10.6. The second-order valence-electron chi connectivity index (χ2n) is 4.59. The van der Waals surface area contributed by atoms with Crippen LogP contribution in [0.4, 0.5) is 22.0 Å². The van der Waals surface area contributed by atoms with Crippen LogP contribution in [0.25, 0.3) is 0 Å². The zero-order valence-electron chi connectivity index (χ0n) is 11.4. The van der Waals surface area contributed by atoms with Crippen LogP contribution in [0.15, 0.2) is 47.4 Å². The predicted octanol–water partition coefficient (Wildman–Crippen LogP) is 3.46. The fraction of sp³-hybridized carbons (Fsp3) is 0.143. The highest BCUT2D eigenvalue weighted by Crippen LogP contribution is 2.31. The van der Waals surface area contributed by atoms with Gasteiger partial charge in [0.05, 0.1) is 10.5 Å². The van der Waals surface area contributed by atoms with Crippen molar-refractivity contribution in [2.45, 2.75) is 17.6 Å². The molecule has 0 saturated carbocycles. The SMILES string of the molecule is O=S(=O)(NCc1ccc(C(F)(F)F)c(F)c1)c1ccc(F)cc1. The van der Waals surface area contributed by atoms with Gasteiger partial charge in [-0.25, -0.2) is 21.9 Å². The van der Waals surface area contributed by atoms with Crippen molar-refractivity contribution in [3.05, 3.63) is 65.2 Å². The second kappa shape index (κ2) is 6.25. The van der Waals surface area contributed by atoms with Crippen LogP contribution >= 0.6 is 0 Å². The minimum absolute atomic E-state index is 0.0150. The van der Waals surface area contributed by atoms with E-state index in [2.05, 4.69) is 4.72 Å². The average Bonchev–Trinajstić information content (AvgIpc) is 2.44. The maximum atomic E-state index is 13.4. The van der Waals surface area contributed by atoms with Crippen LogP contribution in [0.2, 0.25) is 0 Å². The summed E-state index contributed by atoms with van der Waals surface area (Å²) in [5.41, 5.74) is -1.41. The van der Waals surface area contributed by atoms with Crippen molar-refractivity contribution >= 4 is 10.0 Å². The van der Waals surface area contributed by atoms with E-state index in [9.17, 15) is 30.4 Å². The highest BCUT2D eigenvalue weighted by atomic mass is 32.2. The first-order valence-electron chi connectivity index (χ1n) is 6.20. The molecule has 0 spiro atoms. The highest BCUT2D eigenvalue weighted by molar-refractivity contribution is 7.89. The van der Waals surface area contributed by atoms with Crippen LogP contribution in [-0.2, 0) is 22.7 Å². The summed E-state index contributed by atoms with van der Waals surface area (Å²) in [6.07, 6.45) is -4.82. The monoisotopic (exact) mass is 351 g/mol. The third kappa shape index (κ3) is 4.26. The van der Waals surface area contributed by atoms with Gasteiger partial charge in [0.2, 0.25) is 10.0 Å². The van der Waals surface area contributed by atoms with E-state index in [1.54, 1.807) is 0 Å². The van der Waals surface area contributed by atoms with Gasteiger partial charge in [0, 0.05) is 6.54 Å². The minimum atomic E-state index is -4.82. The molecule has 0 unspecified atom stereocenters. The Bertz CT molecular complexity index is 801. The fourth-order valence-electron chi connectivity index (χ4n) is 1.77. The van der Waals surface area contributed by atoms with Crippen LogP contribution in [0.1, 0.15) is 11.1 Å². The van der Waals surface area contributed by atoms with Crippen molar-refractivity contribution in [2.75, 3.05) is 0 Å². The summed E-state index contributed by atoms with van der Waals surface area (Å²) >= 11 is 0. The summed E-state index contributed by atoms with van der Waals surface area (Å²) in [5, 5.41) is 0. The molecule has 0 bridgehead atoms. The molecule has 0 atom stereocenters. The molecule has 124 valence electrons. The van der Waals surface area contributed by atoms with E-state index in [0.717, 1.165) is 30.3 Å². The lowest BCUT2D eigenvalue weighted by molar-refractivity contribution is -0.140. The molecule has 0 radical (unpaired) electrons. The van der Waals surface area contributed by atoms with E-state index in [0.29, 0.717) is 12.1 Å². The van der Waals surface area contributed by atoms with Crippen molar-refractivity contribution in [3.8, 4) is 0 Å². The first-order valence-corrected chi connectivity index (χ1v) is 7.69. The van der Waals surface area contributed by atoms with Crippen molar-refractivity contribution < 1.29 is 30.4 Å². The summed E-state index contributed by atoms with van der Waals surface area (Å²) in [5.74, 6) is -2.11. The van der Waals surface area contributed by atoms with Crippen molar-refractivity contribution in [1.29, 1.82) is 0 Å². The molecule has 9 heteroatoms. The van der Waals surface area contributed by atoms with Gasteiger partial charge >= 0.3 is 6.18 Å². The Morgan fingerprint density at radius 3 is 2.09 bits per heavy atom. The van der Waals surface area contributed by atoms with Crippen LogP contribution in [0, 0.1) is 11.6 Å². The van der Waals surface area contributed by atoms with Gasteiger partial charge in [0.1, 0.15) is 11.6 Å². The van der Waals surface area contributed by atoms with E-state index < -0.39 is 39.9 Å². The normalized spacial score (nSPS) is 12.4. The maximum Gasteiger partial charge on any atom is 0.419 e. The van der Waals surface area contributed by atoms with Gasteiger partial charge in [-0.1, -0.05) is 6.07 Å². The molecular weight excluding hydrogens is 341 g/mol. The quantitative estimate of drug-likeness (QED) is 0.858. The number of benzene rings is 2. The lowest BCUT2D eigenvalue weighted by Crippen LogP contribution is -2.23. The zero-order chi connectivity index (χ0) is 17.3. The van der Waals surface area contributed by atoms with Gasteiger partial charge in [-0.2, -0.15) is 13.2 Å². The number of halogens is 5. The van der Waals surface area contributed by atoms with Crippen molar-refractivity contribution in [2.24, 2.45) is 0 Å². The van der Waals surface area contributed by atoms with E-state index in [1.165, 1.54) is 0 Å². The third-order valence-electron chi connectivity index (χ3n) is 2.93. The predicted molar refractivity (Wildman–Crippen MR) is 71.8 cm³/mol. The molecule has 0 aliphatic carbocycles. The summed E-state index contributed by atoms with van der Waals surface area (Å²) in [4.78, 5) is -0.216. The molecule has 2 aromatic carbocycles. The molecule has 0 saturated heterocycles. The van der Waals surface area contributed by atoms with Gasteiger partial charge in [-0.3, -0.25) is 0 Å². The zero-order valence-corrected chi connectivity index (χ0v) is 12.2. The lowest BCUT2D eigenvalue weighted by Gasteiger charge is -2.10. The third-order valence-corrected chi connectivity index (χ3v) is 4.35. The molecule has 1 N–H and O–H groups in total. The first kappa shape index (κ1) is 17.4. The molecule has 0 aromatic heterocycles. The second-order valence-corrected chi connectivity index (χ2v) is 6.36. The number of hydrogen-bond donors (Lipinski definition) is 1. The molecule has 0 aliphatic heterocycles. The topological polar surface area (TPSA) is 46.2 Å². The molecular formula is C14H10F5NO2S. The van der Waals surface area contributed by atoms with E-state index in [4.69, 9.17) is 0 Å². The van der Waals surface area contributed by atoms with E-state index in [-0.39, 0.29) is 10.5 Å². The van der Waals surface area contributed by atoms with Crippen LogP contribution in [0.5, 0.6) is 0 Å². The Labute approximate surface area is 128 Å². The fourth-order valence-corrected chi connectivity index (χ4v) is 2.79. The highest BCUT2D eigenvalue weighted by Gasteiger charge is 2.33.